The molecule has 0 aliphatic heterocycles. The Balaban J connectivity index is 0.000000203. The Hall–Kier alpha value is -4.82. The quantitative estimate of drug-likeness (QED) is 0.0495. The van der Waals surface area contributed by atoms with E-state index >= 15 is 0 Å². The van der Waals surface area contributed by atoms with E-state index in [2.05, 4.69) is 60.1 Å². The van der Waals surface area contributed by atoms with Gasteiger partial charge in [-0.05, 0) is 129 Å². The van der Waals surface area contributed by atoms with Gasteiger partial charge in [0.2, 0.25) is 0 Å². The zero-order valence-electron chi connectivity index (χ0n) is 44.3. The predicted molar refractivity (Wildman–Crippen MR) is 302 cm³/mol. The number of hydrogen-bond donors (Lipinski definition) is 1. The number of ketones is 2. The molecule has 2 saturated carbocycles. The van der Waals surface area contributed by atoms with Crippen molar-refractivity contribution in [2.75, 3.05) is 13.2 Å². The average molecular weight is 1090 g/mol. The van der Waals surface area contributed by atoms with Gasteiger partial charge in [-0.15, -0.1) is 22.7 Å². The van der Waals surface area contributed by atoms with Gasteiger partial charge in [-0.2, -0.15) is 0 Å². The number of halogens is 2. The number of aryl methyl sites for hydroxylation is 2. The maximum absolute atomic E-state index is 13.4. The van der Waals surface area contributed by atoms with Crippen LogP contribution in [0.15, 0.2) is 88.2 Å². The Kier molecular flexibility index (Phi) is 20.3. The number of hydrogen-bond acceptors (Lipinski definition) is 12. The van der Waals surface area contributed by atoms with Crippen LogP contribution < -0.4 is 0 Å². The Morgan fingerprint density at radius 2 is 1.15 bits per heavy atom. The molecule has 1 N–H and O–H groups in total. The summed E-state index contributed by atoms with van der Waals surface area (Å²) in [6.45, 7) is 14.1. The van der Waals surface area contributed by atoms with Crippen LogP contribution >= 0.6 is 45.9 Å². The van der Waals surface area contributed by atoms with Crippen molar-refractivity contribution in [3.05, 3.63) is 150 Å². The first-order valence-electron chi connectivity index (χ1n) is 26.9. The lowest BCUT2D eigenvalue weighted by atomic mass is 9.88. The molecule has 2 aliphatic rings. The number of aromatic nitrogens is 4. The molecule has 398 valence electrons. The molecule has 0 unspecified atom stereocenters. The molecule has 2 atom stereocenters. The number of aliphatic hydroxyl groups is 1. The number of carbonyl (C=O) groups is 2. The highest BCUT2D eigenvalue weighted by Gasteiger charge is 2.38. The third-order valence-corrected chi connectivity index (χ3v) is 16.5. The van der Waals surface area contributed by atoms with E-state index in [1.54, 1.807) is 22.7 Å². The van der Waals surface area contributed by atoms with Crippen molar-refractivity contribution in [3.8, 4) is 21.3 Å². The molecule has 0 radical (unpaired) electrons. The summed E-state index contributed by atoms with van der Waals surface area (Å²) in [6.07, 6.45) is 14.5. The predicted octanol–water partition coefficient (Wildman–Crippen LogP) is 16.0. The largest absolute Gasteiger partial charge is 0.396 e. The fourth-order valence-corrected chi connectivity index (χ4v) is 12.6. The van der Waals surface area contributed by atoms with Gasteiger partial charge in [0.05, 0.1) is 37.8 Å². The summed E-state index contributed by atoms with van der Waals surface area (Å²) in [6, 6.07) is 21.9. The number of thiazole rings is 2. The van der Waals surface area contributed by atoms with Crippen molar-refractivity contribution < 1.29 is 28.5 Å². The van der Waals surface area contributed by atoms with Crippen LogP contribution in [-0.2, 0) is 46.6 Å². The molecule has 3 aromatic carbocycles. The standard InChI is InChI=1S/C34H39ClN2O3S.C27H33ClN2O3S/c1-22(2)16-31-36-20-30(41-31)34-32(25-13-14-25)33(37-40-34)27(10-7-15-39-21-24-8-5-4-6-9-24)19-28(38)18-26-12-11-23(3)17-29(26)35;1-16(2)11-24-29-15-23(34-24)27-25(18-8-9-18)26(30-33-27)20(5-4-10-31)14-21(32)13-19-7-6-17(3)12-22(19)28/h4-6,8-9,11-12,17,20,22,25,27H,7,10,13-16,18-19,21H2,1-3H3;6-7,12,15-16,18,20,31H,4-5,8-11,13-14H2,1-3H3/t27-;20-/m00/s1. The van der Waals surface area contributed by atoms with Gasteiger partial charge in [-0.1, -0.05) is 116 Å². The van der Waals surface area contributed by atoms with Gasteiger partial charge in [0.25, 0.3) is 0 Å². The van der Waals surface area contributed by atoms with E-state index in [-0.39, 0.29) is 30.0 Å². The van der Waals surface area contributed by atoms with Crippen molar-refractivity contribution >= 4 is 57.4 Å². The number of aliphatic hydroxyl groups excluding tert-OH is 1. The zero-order chi connectivity index (χ0) is 53.0. The van der Waals surface area contributed by atoms with Gasteiger partial charge in [0, 0.05) is 97.1 Å². The first-order valence-corrected chi connectivity index (χ1v) is 29.3. The van der Waals surface area contributed by atoms with E-state index in [1.165, 1.54) is 5.56 Å². The van der Waals surface area contributed by atoms with Gasteiger partial charge in [0.15, 0.2) is 11.5 Å². The lowest BCUT2D eigenvalue weighted by Crippen LogP contribution is -2.13. The summed E-state index contributed by atoms with van der Waals surface area (Å²) in [5.74, 6) is 3.76. The third kappa shape index (κ3) is 16.1. The van der Waals surface area contributed by atoms with Gasteiger partial charge >= 0.3 is 0 Å². The third-order valence-electron chi connectivity index (χ3n) is 13.8. The lowest BCUT2D eigenvalue weighted by Gasteiger charge is -2.16. The summed E-state index contributed by atoms with van der Waals surface area (Å²) in [4.78, 5) is 37.8. The highest BCUT2D eigenvalue weighted by Crippen LogP contribution is 2.51. The fourth-order valence-electron chi connectivity index (χ4n) is 9.73. The maximum atomic E-state index is 13.4. The van der Waals surface area contributed by atoms with Gasteiger partial charge in [-0.25, -0.2) is 9.97 Å². The van der Waals surface area contributed by atoms with Crippen molar-refractivity contribution in [2.45, 2.75) is 162 Å². The van der Waals surface area contributed by atoms with E-state index in [0.717, 1.165) is 127 Å². The first-order chi connectivity index (χ1) is 36.2. The van der Waals surface area contributed by atoms with Crippen molar-refractivity contribution in [2.24, 2.45) is 11.8 Å². The molecular weight excluding hydrogens is 1020 g/mol. The summed E-state index contributed by atoms with van der Waals surface area (Å²) in [5.41, 5.74) is 9.19. The van der Waals surface area contributed by atoms with Gasteiger partial charge < -0.3 is 18.9 Å². The number of ether oxygens (including phenoxy) is 1. The average Bonchev–Trinajstić information content (AvgIpc) is 4.18. The number of carbonyl (C=O) groups excluding carboxylic acids is 2. The van der Waals surface area contributed by atoms with Gasteiger partial charge in [0.1, 0.15) is 11.6 Å². The second-order valence-corrected chi connectivity index (χ2v) is 24.6. The maximum Gasteiger partial charge on any atom is 0.182 e. The summed E-state index contributed by atoms with van der Waals surface area (Å²) < 4.78 is 18.0. The van der Waals surface area contributed by atoms with Crippen LogP contribution in [-0.4, -0.2) is 50.2 Å². The molecule has 4 heterocycles. The Bertz CT molecular complexity index is 2970. The second-order valence-electron chi connectivity index (χ2n) is 21.6. The lowest BCUT2D eigenvalue weighted by molar-refractivity contribution is -0.119. The normalized spacial score (nSPS) is 14.3. The number of rotatable bonds is 27. The van der Waals surface area contributed by atoms with Crippen molar-refractivity contribution in [3.63, 3.8) is 0 Å². The number of Topliss-reactive ketones (excluding diaryl/α,β-unsaturated/α-hetero) is 2. The molecule has 2 fully saturated rings. The Morgan fingerprint density at radius 3 is 1.57 bits per heavy atom. The molecule has 0 saturated heterocycles. The van der Waals surface area contributed by atoms with E-state index in [9.17, 15) is 14.7 Å². The Labute approximate surface area is 461 Å². The molecule has 10 nitrogen and oxygen atoms in total. The van der Waals surface area contributed by atoms with E-state index < -0.39 is 0 Å². The minimum absolute atomic E-state index is 0.0387. The minimum Gasteiger partial charge on any atom is -0.396 e. The molecule has 75 heavy (non-hydrogen) atoms. The molecule has 0 bridgehead atoms. The molecule has 14 heteroatoms. The first kappa shape index (κ1) is 56.4. The molecule has 9 rings (SSSR count). The van der Waals surface area contributed by atoms with Crippen LogP contribution in [0.3, 0.4) is 0 Å². The minimum atomic E-state index is -0.0833. The van der Waals surface area contributed by atoms with E-state index in [4.69, 9.17) is 37.0 Å². The summed E-state index contributed by atoms with van der Waals surface area (Å²) >= 11 is 16.2. The number of benzene rings is 3. The van der Waals surface area contributed by atoms with Crippen LogP contribution in [0.5, 0.6) is 0 Å². The number of nitrogens with zero attached hydrogens (tertiary/aromatic N) is 4. The molecule has 0 amide bonds. The van der Waals surface area contributed by atoms with Crippen molar-refractivity contribution in [1.29, 1.82) is 0 Å². The van der Waals surface area contributed by atoms with Gasteiger partial charge in [-0.3, -0.25) is 9.59 Å². The molecule has 2 aliphatic carbocycles. The Morgan fingerprint density at radius 1 is 0.680 bits per heavy atom. The summed E-state index contributed by atoms with van der Waals surface area (Å²) in [7, 11) is 0. The van der Waals surface area contributed by atoms with Crippen LogP contribution in [0.25, 0.3) is 21.3 Å². The smallest absolute Gasteiger partial charge is 0.182 e. The summed E-state index contributed by atoms with van der Waals surface area (Å²) in [5, 5.41) is 22.1. The van der Waals surface area contributed by atoms with E-state index in [1.807, 2.05) is 80.8 Å². The molecule has 4 aromatic heterocycles. The van der Waals surface area contributed by atoms with Crippen LogP contribution in [0, 0.1) is 25.7 Å². The molecular formula is C61H72Cl2N4O6S2. The zero-order valence-corrected chi connectivity index (χ0v) is 47.5. The fraction of sp³-hybridized carbons (Fsp3) is 0.475. The highest BCUT2D eigenvalue weighted by atomic mass is 35.5. The SMILES string of the molecule is Cc1ccc(CC(=O)C[C@H](CCCO)c2noc(-c3cnc(CC(C)C)s3)c2C2CC2)c(Cl)c1.Cc1ccc(CC(=O)C[C@H](CCCOCc2ccccc2)c2noc(-c3cnc(CC(C)C)s3)c2C2CC2)c(Cl)c1. The van der Waals surface area contributed by atoms with Crippen LogP contribution in [0.1, 0.15) is 176 Å². The monoisotopic (exact) mass is 1090 g/mol. The van der Waals surface area contributed by atoms with Crippen molar-refractivity contribution in [1.82, 2.24) is 20.3 Å². The van der Waals surface area contributed by atoms with Crippen LogP contribution in [0.4, 0.5) is 0 Å². The second kappa shape index (κ2) is 27.0. The molecule has 7 aromatic rings. The highest BCUT2D eigenvalue weighted by molar-refractivity contribution is 7.15. The van der Waals surface area contributed by atoms with E-state index in [0.29, 0.717) is 85.5 Å². The molecule has 0 spiro atoms. The topological polar surface area (TPSA) is 141 Å². The van der Waals surface area contributed by atoms with Crippen LogP contribution in [0.2, 0.25) is 10.0 Å².